The van der Waals surface area contributed by atoms with Gasteiger partial charge in [-0.2, -0.15) is 0 Å². The molecule has 0 bridgehead atoms. The largest absolute Gasteiger partial charge is 0.304 e. The topological polar surface area (TPSA) is 29.1 Å². The summed E-state index contributed by atoms with van der Waals surface area (Å²) in [6.45, 7) is 1.72. The van der Waals surface area contributed by atoms with Gasteiger partial charge >= 0.3 is 0 Å². The molecule has 2 nitrogen and oxygen atoms in total. The number of rotatable bonds is 2. The summed E-state index contributed by atoms with van der Waals surface area (Å²) in [5, 5.41) is 3.52. The van der Waals surface area contributed by atoms with Crippen LogP contribution in [0.1, 0.15) is 54.4 Å². The zero-order valence-electron chi connectivity index (χ0n) is 12.0. The van der Waals surface area contributed by atoms with E-state index in [4.69, 9.17) is 0 Å². The van der Waals surface area contributed by atoms with Gasteiger partial charge in [-0.1, -0.05) is 25.0 Å². The summed E-state index contributed by atoms with van der Waals surface area (Å²) < 4.78 is 13.6. The average Bonchev–Trinajstić information content (AvgIpc) is 2.49. The van der Waals surface area contributed by atoms with Gasteiger partial charge in [0.2, 0.25) is 0 Å². The van der Waals surface area contributed by atoms with Gasteiger partial charge in [0, 0.05) is 11.6 Å². The Morgan fingerprint density at radius 3 is 2.80 bits per heavy atom. The number of fused-ring (bicyclic) bond motifs is 1. The molecule has 1 aliphatic heterocycles. The lowest BCUT2D eigenvalue weighted by Gasteiger charge is -2.40. The first-order valence-corrected chi connectivity index (χ1v) is 7.71. The molecule has 3 rings (SSSR count). The smallest absolute Gasteiger partial charge is 0.179 e. The summed E-state index contributed by atoms with van der Waals surface area (Å²) >= 11 is 0. The Bertz CT molecular complexity index is 514. The van der Waals surface area contributed by atoms with Crippen LogP contribution in [0.25, 0.3) is 0 Å². The molecular weight excluding hydrogens is 253 g/mol. The number of nitrogens with one attached hydrogen (secondary N) is 1. The predicted molar refractivity (Wildman–Crippen MR) is 77.4 cm³/mol. The van der Waals surface area contributed by atoms with Crippen LogP contribution in [-0.4, -0.2) is 17.9 Å². The van der Waals surface area contributed by atoms with Crippen LogP contribution in [0.2, 0.25) is 0 Å². The Kier molecular flexibility index (Phi) is 3.88. The summed E-state index contributed by atoms with van der Waals surface area (Å²) in [5.41, 5.74) is 1.09. The number of carbonyl (C=O) groups excluding carboxylic acids is 1. The van der Waals surface area contributed by atoms with Gasteiger partial charge in [-0.15, -0.1) is 0 Å². The number of piperidine rings is 1. The third-order valence-electron chi connectivity index (χ3n) is 4.92. The van der Waals surface area contributed by atoms with Crippen molar-refractivity contribution in [3.8, 4) is 0 Å². The van der Waals surface area contributed by atoms with E-state index in [0.717, 1.165) is 18.8 Å². The summed E-state index contributed by atoms with van der Waals surface area (Å²) in [6.07, 6.45) is 7.06. The van der Waals surface area contributed by atoms with E-state index in [0.29, 0.717) is 17.2 Å². The van der Waals surface area contributed by atoms with E-state index in [1.54, 1.807) is 19.1 Å². The number of Topliss-reactive ketones (excluding diaryl/α,β-unsaturated/α-hetero) is 1. The fourth-order valence-corrected chi connectivity index (χ4v) is 3.65. The van der Waals surface area contributed by atoms with Gasteiger partial charge in [-0.25, -0.2) is 4.39 Å². The molecule has 0 spiro atoms. The molecule has 1 N–H and O–H groups in total. The van der Waals surface area contributed by atoms with E-state index in [1.165, 1.54) is 31.7 Å². The van der Waals surface area contributed by atoms with E-state index in [1.807, 2.05) is 0 Å². The molecule has 3 unspecified atom stereocenters. The normalized spacial score (nSPS) is 29.8. The molecule has 3 atom stereocenters. The van der Waals surface area contributed by atoms with Crippen LogP contribution in [0, 0.1) is 18.7 Å². The van der Waals surface area contributed by atoms with Crippen molar-refractivity contribution in [2.75, 3.05) is 0 Å². The highest BCUT2D eigenvalue weighted by molar-refractivity contribution is 6.00. The number of hydrogen-bond acceptors (Lipinski definition) is 2. The maximum Gasteiger partial charge on any atom is 0.179 e. The van der Waals surface area contributed by atoms with Crippen molar-refractivity contribution in [3.63, 3.8) is 0 Å². The summed E-state index contributed by atoms with van der Waals surface area (Å²) in [5.74, 6) is 0.498. The quantitative estimate of drug-likeness (QED) is 0.835. The van der Waals surface area contributed by atoms with Gasteiger partial charge < -0.3 is 5.32 Å². The Morgan fingerprint density at radius 2 is 2.00 bits per heavy atom. The van der Waals surface area contributed by atoms with Crippen molar-refractivity contribution in [2.45, 2.75) is 57.5 Å². The first-order chi connectivity index (χ1) is 9.65. The minimum Gasteiger partial charge on any atom is -0.304 e. The number of halogens is 1. The van der Waals surface area contributed by atoms with Gasteiger partial charge in [-0.3, -0.25) is 4.79 Å². The molecule has 1 heterocycles. The van der Waals surface area contributed by atoms with Crippen LogP contribution in [0.3, 0.4) is 0 Å². The molecule has 0 aromatic heterocycles. The molecule has 1 aromatic carbocycles. The number of carbonyl (C=O) groups is 1. The first kappa shape index (κ1) is 13.7. The van der Waals surface area contributed by atoms with Crippen LogP contribution in [-0.2, 0) is 0 Å². The second-order valence-corrected chi connectivity index (χ2v) is 6.28. The first-order valence-electron chi connectivity index (χ1n) is 7.71. The molecule has 1 saturated heterocycles. The number of ketones is 1. The fraction of sp³-hybridized carbons (Fsp3) is 0.588. The molecular formula is C17H22FNO. The second kappa shape index (κ2) is 5.65. The Morgan fingerprint density at radius 1 is 1.20 bits per heavy atom. The maximum atomic E-state index is 13.6. The molecule has 1 saturated carbocycles. The maximum absolute atomic E-state index is 13.6. The fourth-order valence-electron chi connectivity index (χ4n) is 3.65. The van der Waals surface area contributed by atoms with E-state index < -0.39 is 0 Å². The number of benzene rings is 1. The zero-order chi connectivity index (χ0) is 14.1. The monoisotopic (exact) mass is 275 g/mol. The van der Waals surface area contributed by atoms with Crippen LogP contribution >= 0.6 is 0 Å². The van der Waals surface area contributed by atoms with E-state index in [2.05, 4.69) is 5.32 Å². The van der Waals surface area contributed by atoms with Crippen LogP contribution in [0.5, 0.6) is 0 Å². The van der Waals surface area contributed by atoms with Gasteiger partial charge in [-0.05, 0) is 50.2 Å². The lowest BCUT2D eigenvalue weighted by atomic mass is 9.77. The molecule has 3 heteroatoms. The standard InChI is InChI=1S/C17H22FNO/c1-11-6-7-13(10-14(11)18)17(20)16-9-8-12-4-2-3-5-15(12)19-16/h6-7,10,12,15-16,19H,2-5,8-9H2,1H3. The molecule has 2 aliphatic rings. The van der Waals surface area contributed by atoms with E-state index >= 15 is 0 Å². The molecule has 0 radical (unpaired) electrons. The second-order valence-electron chi connectivity index (χ2n) is 6.28. The predicted octanol–water partition coefficient (Wildman–Crippen LogP) is 3.63. The average molecular weight is 275 g/mol. The number of aryl methyl sites for hydroxylation is 1. The lowest BCUT2D eigenvalue weighted by Crippen LogP contribution is -2.52. The summed E-state index contributed by atoms with van der Waals surface area (Å²) in [7, 11) is 0. The Hall–Kier alpha value is -1.22. The van der Waals surface area contributed by atoms with Gasteiger partial charge in [0.15, 0.2) is 5.78 Å². The van der Waals surface area contributed by atoms with E-state index in [-0.39, 0.29) is 17.6 Å². The Balaban J connectivity index is 1.72. The van der Waals surface area contributed by atoms with Gasteiger partial charge in [0.05, 0.1) is 6.04 Å². The summed E-state index contributed by atoms with van der Waals surface area (Å²) in [6, 6.07) is 5.18. The molecule has 1 aromatic rings. The van der Waals surface area contributed by atoms with Crippen molar-refractivity contribution >= 4 is 5.78 Å². The Labute approximate surface area is 119 Å². The lowest BCUT2D eigenvalue weighted by molar-refractivity contribution is 0.0861. The van der Waals surface area contributed by atoms with Crippen molar-refractivity contribution in [2.24, 2.45) is 5.92 Å². The minimum atomic E-state index is -0.290. The zero-order valence-corrected chi connectivity index (χ0v) is 12.0. The van der Waals surface area contributed by atoms with Crippen molar-refractivity contribution in [1.82, 2.24) is 5.32 Å². The third-order valence-corrected chi connectivity index (χ3v) is 4.92. The van der Waals surface area contributed by atoms with Gasteiger partial charge in [0.1, 0.15) is 5.82 Å². The van der Waals surface area contributed by atoms with Gasteiger partial charge in [0.25, 0.3) is 0 Å². The third kappa shape index (κ3) is 2.64. The van der Waals surface area contributed by atoms with Crippen LogP contribution < -0.4 is 5.32 Å². The minimum absolute atomic E-state index is 0.0490. The van der Waals surface area contributed by atoms with Crippen LogP contribution in [0.4, 0.5) is 4.39 Å². The van der Waals surface area contributed by atoms with Crippen molar-refractivity contribution in [1.29, 1.82) is 0 Å². The number of hydrogen-bond donors (Lipinski definition) is 1. The molecule has 1 aliphatic carbocycles. The molecule has 108 valence electrons. The SMILES string of the molecule is Cc1ccc(C(=O)C2CCC3CCCCC3N2)cc1F. The van der Waals surface area contributed by atoms with Crippen molar-refractivity contribution < 1.29 is 9.18 Å². The molecule has 2 fully saturated rings. The molecule has 20 heavy (non-hydrogen) atoms. The highest BCUT2D eigenvalue weighted by atomic mass is 19.1. The summed E-state index contributed by atoms with van der Waals surface area (Å²) in [4.78, 5) is 12.5. The van der Waals surface area contributed by atoms with Crippen molar-refractivity contribution in [3.05, 3.63) is 35.1 Å². The highest BCUT2D eigenvalue weighted by Crippen LogP contribution is 2.32. The van der Waals surface area contributed by atoms with E-state index in [9.17, 15) is 9.18 Å². The van der Waals surface area contributed by atoms with Crippen LogP contribution in [0.15, 0.2) is 18.2 Å². The highest BCUT2D eigenvalue weighted by Gasteiger charge is 2.34. The molecule has 0 amide bonds.